The number of aliphatic hydroxyl groups is 3. The van der Waals surface area contributed by atoms with Gasteiger partial charge in [-0.3, -0.25) is 19.3 Å². The Morgan fingerprint density at radius 1 is 1.23 bits per heavy atom. The summed E-state index contributed by atoms with van der Waals surface area (Å²) in [6, 6.07) is 0. The van der Waals surface area contributed by atoms with Crippen LogP contribution in [0, 0.1) is 0 Å². The Kier molecular flexibility index (Phi) is 3.48. The van der Waals surface area contributed by atoms with Gasteiger partial charge in [0.1, 0.15) is 24.4 Å². The van der Waals surface area contributed by atoms with Gasteiger partial charge < -0.3 is 25.8 Å². The van der Waals surface area contributed by atoms with Crippen LogP contribution in [0.5, 0.6) is 0 Å². The highest BCUT2D eigenvalue weighted by Gasteiger charge is 2.42. The third kappa shape index (κ3) is 2.20. The van der Waals surface area contributed by atoms with Gasteiger partial charge in [0.25, 0.3) is 5.56 Å². The van der Waals surface area contributed by atoms with Crippen molar-refractivity contribution in [2.24, 2.45) is 0 Å². The topological polar surface area (TPSA) is 179 Å². The van der Waals surface area contributed by atoms with Crippen LogP contribution in [0.25, 0.3) is 11.2 Å². The van der Waals surface area contributed by atoms with E-state index in [-0.39, 0.29) is 23.7 Å². The molecule has 4 atom stereocenters. The van der Waals surface area contributed by atoms with Gasteiger partial charge in [-0.25, -0.2) is 4.79 Å². The van der Waals surface area contributed by atoms with Gasteiger partial charge in [-0.1, -0.05) is 0 Å². The van der Waals surface area contributed by atoms with Crippen LogP contribution in [-0.4, -0.2) is 65.9 Å². The highest BCUT2D eigenvalue weighted by molar-refractivity contribution is 5.70. The van der Waals surface area contributed by atoms with Gasteiger partial charge in [-0.2, -0.15) is 4.98 Å². The number of fused-ring (bicyclic) bond motifs is 1. The standard InChI is InChI=1S/C11H15N5O6/c12-10-14-8-5(9(20)15-10)13-11(21)16(8)1-3-6(18)7(19)4(2-17)22-3/h3-4,6-7,17-19H,1-2H2,(H,13,21)(H3,12,14,15,20)/t3-,4+,6+,7-/m1/s1. The van der Waals surface area contributed by atoms with Crippen LogP contribution in [0.2, 0.25) is 0 Å². The van der Waals surface area contributed by atoms with Crippen molar-refractivity contribution in [3.8, 4) is 0 Å². The van der Waals surface area contributed by atoms with Crippen LogP contribution < -0.4 is 17.0 Å². The second-order valence-corrected chi connectivity index (χ2v) is 5.07. The van der Waals surface area contributed by atoms with Crippen LogP contribution in [-0.2, 0) is 11.3 Å². The molecule has 120 valence electrons. The fourth-order valence-corrected chi connectivity index (χ4v) is 2.53. The maximum absolute atomic E-state index is 12.0. The molecule has 3 rings (SSSR count). The molecule has 7 N–H and O–H groups in total. The van der Waals surface area contributed by atoms with E-state index in [1.165, 1.54) is 0 Å². The Hall–Kier alpha value is -2.21. The molecule has 1 saturated heterocycles. The van der Waals surface area contributed by atoms with Crippen LogP contribution in [0.4, 0.5) is 5.95 Å². The molecule has 1 fully saturated rings. The quantitative estimate of drug-likeness (QED) is 0.337. The molecule has 1 aliphatic heterocycles. The normalized spacial score (nSPS) is 28.5. The first-order chi connectivity index (χ1) is 10.4. The number of aliphatic hydroxyl groups excluding tert-OH is 3. The first-order valence-corrected chi connectivity index (χ1v) is 6.53. The summed E-state index contributed by atoms with van der Waals surface area (Å²) >= 11 is 0. The molecule has 0 unspecified atom stereocenters. The fourth-order valence-electron chi connectivity index (χ4n) is 2.53. The summed E-state index contributed by atoms with van der Waals surface area (Å²) in [5.41, 5.74) is 4.20. The lowest BCUT2D eigenvalue weighted by atomic mass is 10.1. The predicted molar refractivity (Wildman–Crippen MR) is 73.1 cm³/mol. The average molecular weight is 313 g/mol. The lowest BCUT2D eigenvalue weighted by Crippen LogP contribution is -2.36. The van der Waals surface area contributed by atoms with Crippen molar-refractivity contribution in [1.29, 1.82) is 0 Å². The highest BCUT2D eigenvalue weighted by Crippen LogP contribution is 2.22. The molecule has 0 aliphatic carbocycles. The number of aromatic nitrogens is 4. The van der Waals surface area contributed by atoms with Gasteiger partial charge in [-0.15, -0.1) is 0 Å². The number of nitrogen functional groups attached to an aromatic ring is 1. The second kappa shape index (κ2) is 5.21. The maximum atomic E-state index is 12.0. The molecule has 3 heterocycles. The van der Waals surface area contributed by atoms with Crippen LogP contribution in [0.1, 0.15) is 0 Å². The van der Waals surface area contributed by atoms with Gasteiger partial charge in [0.2, 0.25) is 5.95 Å². The van der Waals surface area contributed by atoms with Crippen molar-refractivity contribution in [2.75, 3.05) is 12.3 Å². The first kappa shape index (κ1) is 14.7. The summed E-state index contributed by atoms with van der Waals surface area (Å²) in [5.74, 6) is -0.161. The number of imidazole rings is 1. The molecule has 22 heavy (non-hydrogen) atoms. The van der Waals surface area contributed by atoms with Gasteiger partial charge >= 0.3 is 5.69 Å². The molecule has 2 aromatic heterocycles. The number of hydrogen-bond acceptors (Lipinski definition) is 8. The molecule has 0 aromatic carbocycles. The highest BCUT2D eigenvalue weighted by atomic mass is 16.6. The van der Waals surface area contributed by atoms with E-state index < -0.39 is 42.3 Å². The molecule has 0 radical (unpaired) electrons. The van der Waals surface area contributed by atoms with Gasteiger partial charge in [-0.05, 0) is 0 Å². The summed E-state index contributed by atoms with van der Waals surface area (Å²) < 4.78 is 6.39. The Labute approximate surface area is 122 Å². The third-order valence-corrected chi connectivity index (χ3v) is 3.66. The van der Waals surface area contributed by atoms with E-state index in [0.717, 1.165) is 4.57 Å². The Bertz CT molecular complexity index is 809. The van der Waals surface area contributed by atoms with E-state index in [1.54, 1.807) is 0 Å². The number of H-pyrrole nitrogens is 2. The zero-order chi connectivity index (χ0) is 16.0. The number of hydrogen-bond donors (Lipinski definition) is 6. The summed E-state index contributed by atoms with van der Waals surface area (Å²) in [5, 5.41) is 28.7. The number of nitrogens with zero attached hydrogens (tertiary/aromatic N) is 2. The largest absolute Gasteiger partial charge is 0.394 e. The van der Waals surface area contributed by atoms with Crippen molar-refractivity contribution in [2.45, 2.75) is 31.0 Å². The number of nitrogens with one attached hydrogen (secondary N) is 2. The summed E-state index contributed by atoms with van der Waals surface area (Å²) in [7, 11) is 0. The van der Waals surface area contributed by atoms with Crippen molar-refractivity contribution in [3.63, 3.8) is 0 Å². The number of rotatable bonds is 3. The van der Waals surface area contributed by atoms with Crippen LogP contribution in [0.3, 0.4) is 0 Å². The summed E-state index contributed by atoms with van der Waals surface area (Å²) in [4.78, 5) is 32.1. The lowest BCUT2D eigenvalue weighted by Gasteiger charge is -2.14. The average Bonchev–Trinajstić information content (AvgIpc) is 2.92. The van der Waals surface area contributed by atoms with Crippen molar-refractivity contribution < 1.29 is 20.1 Å². The molecule has 1 aliphatic rings. The fraction of sp³-hybridized carbons (Fsp3) is 0.545. The van der Waals surface area contributed by atoms with E-state index in [2.05, 4.69) is 15.0 Å². The second-order valence-electron chi connectivity index (χ2n) is 5.07. The molecule has 11 heteroatoms. The Morgan fingerprint density at radius 3 is 2.55 bits per heavy atom. The van der Waals surface area contributed by atoms with Gasteiger partial charge in [0.15, 0.2) is 11.2 Å². The Balaban J connectivity index is 2.00. The Morgan fingerprint density at radius 2 is 1.91 bits per heavy atom. The minimum absolute atomic E-state index is 0.0176. The van der Waals surface area contributed by atoms with Crippen molar-refractivity contribution in [1.82, 2.24) is 19.5 Å². The summed E-state index contributed by atoms with van der Waals surface area (Å²) in [6.07, 6.45) is -4.43. The molecule has 2 aromatic rings. The molecular formula is C11H15N5O6. The van der Waals surface area contributed by atoms with E-state index in [1.807, 2.05) is 0 Å². The number of anilines is 1. The number of nitrogens with two attached hydrogens (primary N) is 1. The zero-order valence-electron chi connectivity index (χ0n) is 11.3. The molecular weight excluding hydrogens is 298 g/mol. The van der Waals surface area contributed by atoms with Gasteiger partial charge in [0.05, 0.1) is 13.2 Å². The monoisotopic (exact) mass is 313 g/mol. The smallest absolute Gasteiger partial charge is 0.327 e. The molecule has 0 amide bonds. The van der Waals surface area contributed by atoms with E-state index in [4.69, 9.17) is 15.6 Å². The minimum atomic E-state index is -1.28. The van der Waals surface area contributed by atoms with Crippen molar-refractivity contribution in [3.05, 3.63) is 20.8 Å². The number of ether oxygens (including phenoxy) is 1. The molecule has 0 saturated carbocycles. The molecule has 11 nitrogen and oxygen atoms in total. The van der Waals surface area contributed by atoms with E-state index in [0.29, 0.717) is 0 Å². The maximum Gasteiger partial charge on any atom is 0.327 e. The SMILES string of the molecule is Nc1nc2c([nH]c(=O)n2C[C@H]2O[C@@H](CO)[C@@H](O)[C@H]2O)c(=O)[nH]1. The predicted octanol–water partition coefficient (Wildman–Crippen LogP) is -3.52. The van der Waals surface area contributed by atoms with Gasteiger partial charge in [0, 0.05) is 0 Å². The van der Waals surface area contributed by atoms with Crippen LogP contribution >= 0.6 is 0 Å². The van der Waals surface area contributed by atoms with E-state index in [9.17, 15) is 19.8 Å². The third-order valence-electron chi connectivity index (χ3n) is 3.66. The number of aromatic amines is 2. The first-order valence-electron chi connectivity index (χ1n) is 6.53. The van der Waals surface area contributed by atoms with Crippen molar-refractivity contribution >= 4 is 17.1 Å². The zero-order valence-corrected chi connectivity index (χ0v) is 11.3. The summed E-state index contributed by atoms with van der Waals surface area (Å²) in [6.45, 7) is -0.633. The molecule has 0 bridgehead atoms. The minimum Gasteiger partial charge on any atom is -0.394 e. The van der Waals surface area contributed by atoms with E-state index >= 15 is 0 Å². The molecule has 0 spiro atoms. The van der Waals surface area contributed by atoms with Crippen LogP contribution in [0.15, 0.2) is 9.59 Å². The lowest BCUT2D eigenvalue weighted by molar-refractivity contribution is -0.0264.